The Kier molecular flexibility index (Phi) is 4.46. The van der Waals surface area contributed by atoms with Crippen molar-refractivity contribution in [1.29, 1.82) is 0 Å². The van der Waals surface area contributed by atoms with E-state index in [9.17, 15) is 8.42 Å². The molecule has 1 heterocycles. The molecule has 0 spiro atoms. The topological polar surface area (TPSA) is 37.4 Å². The molecule has 0 aliphatic carbocycles. The Bertz CT molecular complexity index is 930. The van der Waals surface area contributed by atoms with Gasteiger partial charge in [0.15, 0.2) is 0 Å². The Morgan fingerprint density at radius 1 is 1.00 bits per heavy atom. The molecule has 0 amide bonds. The molecular formula is C20H21NO2S. The summed E-state index contributed by atoms with van der Waals surface area (Å²) in [6, 6.07) is 15.0. The summed E-state index contributed by atoms with van der Waals surface area (Å²) in [5, 5.41) is 0. The van der Waals surface area contributed by atoms with Crippen LogP contribution >= 0.6 is 0 Å². The van der Waals surface area contributed by atoms with Gasteiger partial charge in [0.25, 0.3) is 0 Å². The molecule has 0 saturated carbocycles. The Morgan fingerprint density at radius 3 is 2.33 bits per heavy atom. The van der Waals surface area contributed by atoms with Crippen LogP contribution < -0.4 is 0 Å². The predicted molar refractivity (Wildman–Crippen MR) is 97.0 cm³/mol. The van der Waals surface area contributed by atoms with Crippen molar-refractivity contribution in [2.45, 2.75) is 32.2 Å². The van der Waals surface area contributed by atoms with Crippen LogP contribution in [0.25, 0.3) is 5.57 Å². The van der Waals surface area contributed by atoms with Gasteiger partial charge in [0, 0.05) is 18.7 Å². The minimum atomic E-state index is -3.53. The Balaban J connectivity index is 2.08. The summed E-state index contributed by atoms with van der Waals surface area (Å²) < 4.78 is 27.6. The number of benzene rings is 2. The number of hydrogen-bond acceptors (Lipinski definition) is 2. The molecule has 2 aromatic carbocycles. The van der Waals surface area contributed by atoms with E-state index in [2.05, 4.69) is 5.73 Å². The maximum atomic E-state index is 13.0. The molecule has 124 valence electrons. The highest BCUT2D eigenvalue weighted by molar-refractivity contribution is 7.89. The third-order valence-corrected chi connectivity index (χ3v) is 5.89. The van der Waals surface area contributed by atoms with Crippen molar-refractivity contribution in [1.82, 2.24) is 4.31 Å². The molecule has 0 saturated heterocycles. The molecule has 0 bridgehead atoms. The number of nitrogens with zero attached hydrogens (tertiary/aromatic N) is 1. The van der Waals surface area contributed by atoms with Crippen LogP contribution in [0.2, 0.25) is 0 Å². The number of aryl methyl sites for hydroxylation is 1. The second kappa shape index (κ2) is 6.40. The van der Waals surface area contributed by atoms with Crippen LogP contribution in [-0.2, 0) is 16.6 Å². The lowest BCUT2D eigenvalue weighted by atomic mass is 9.96. The molecular weight excluding hydrogens is 318 g/mol. The van der Waals surface area contributed by atoms with E-state index in [0.717, 1.165) is 27.8 Å². The predicted octanol–water partition coefficient (Wildman–Crippen LogP) is 4.15. The molecule has 1 aliphatic heterocycles. The van der Waals surface area contributed by atoms with Crippen molar-refractivity contribution in [3.8, 4) is 0 Å². The third-order valence-electron chi connectivity index (χ3n) is 4.08. The van der Waals surface area contributed by atoms with Gasteiger partial charge in [-0.25, -0.2) is 8.42 Å². The van der Waals surface area contributed by atoms with E-state index >= 15 is 0 Å². The number of hydrogen-bond donors (Lipinski definition) is 0. The fourth-order valence-electron chi connectivity index (χ4n) is 2.90. The lowest BCUT2D eigenvalue weighted by molar-refractivity contribution is 0.434. The van der Waals surface area contributed by atoms with Gasteiger partial charge in [-0.15, -0.1) is 5.73 Å². The second-order valence-corrected chi connectivity index (χ2v) is 8.28. The van der Waals surface area contributed by atoms with Crippen LogP contribution in [0, 0.1) is 6.92 Å². The molecule has 0 aromatic heterocycles. The highest BCUT2D eigenvalue weighted by Gasteiger charge is 2.30. The van der Waals surface area contributed by atoms with Crippen molar-refractivity contribution < 1.29 is 8.42 Å². The van der Waals surface area contributed by atoms with Crippen molar-refractivity contribution in [2.75, 3.05) is 6.54 Å². The van der Waals surface area contributed by atoms with E-state index in [1.807, 2.05) is 57.2 Å². The molecule has 0 radical (unpaired) electrons. The molecule has 1 aliphatic rings. The second-order valence-electron chi connectivity index (χ2n) is 6.35. The molecule has 0 fully saturated rings. The first-order valence-electron chi connectivity index (χ1n) is 7.96. The summed E-state index contributed by atoms with van der Waals surface area (Å²) in [6.07, 6.45) is 0. The zero-order chi connectivity index (χ0) is 17.3. The zero-order valence-corrected chi connectivity index (χ0v) is 15.0. The molecule has 0 atom stereocenters. The SMILES string of the molecule is CC(C)=C=C1CN(S(=O)(=O)c2ccc(C)cc2)Cc2ccccc21. The largest absolute Gasteiger partial charge is 0.243 e. The fourth-order valence-corrected chi connectivity index (χ4v) is 4.28. The van der Waals surface area contributed by atoms with Crippen molar-refractivity contribution >= 4 is 15.6 Å². The van der Waals surface area contributed by atoms with E-state index in [1.54, 1.807) is 12.1 Å². The van der Waals surface area contributed by atoms with E-state index in [-0.39, 0.29) is 0 Å². The quantitative estimate of drug-likeness (QED) is 0.771. The third kappa shape index (κ3) is 3.22. The van der Waals surface area contributed by atoms with Crippen molar-refractivity contribution in [3.63, 3.8) is 0 Å². The standard InChI is InChI=1S/C20H21NO2S/c1-15(2)12-18-14-21(13-17-6-4-5-7-20(17)18)24(22,23)19-10-8-16(3)9-11-19/h4-11H,13-14H2,1-3H3. The molecule has 0 N–H and O–H groups in total. The molecule has 2 aromatic rings. The molecule has 3 rings (SSSR count). The van der Waals surface area contributed by atoms with Gasteiger partial charge >= 0.3 is 0 Å². The maximum absolute atomic E-state index is 13.0. The highest BCUT2D eigenvalue weighted by atomic mass is 32.2. The first-order chi connectivity index (χ1) is 11.4. The summed E-state index contributed by atoms with van der Waals surface area (Å²) in [5.74, 6) is 0. The van der Waals surface area contributed by atoms with Gasteiger partial charge in [0.05, 0.1) is 4.90 Å². The van der Waals surface area contributed by atoms with Gasteiger partial charge in [-0.2, -0.15) is 4.31 Å². The summed E-state index contributed by atoms with van der Waals surface area (Å²) >= 11 is 0. The normalized spacial score (nSPS) is 14.9. The lowest BCUT2D eigenvalue weighted by Gasteiger charge is -2.29. The van der Waals surface area contributed by atoms with E-state index in [4.69, 9.17) is 0 Å². The number of fused-ring (bicyclic) bond motifs is 1. The molecule has 3 nitrogen and oxygen atoms in total. The summed E-state index contributed by atoms with van der Waals surface area (Å²) in [6.45, 7) is 6.63. The Labute approximate surface area is 144 Å². The first kappa shape index (κ1) is 16.7. The van der Waals surface area contributed by atoms with E-state index in [1.165, 1.54) is 4.31 Å². The van der Waals surface area contributed by atoms with Gasteiger partial charge in [-0.05, 0) is 49.6 Å². The maximum Gasteiger partial charge on any atom is 0.243 e. The average molecular weight is 339 g/mol. The van der Waals surface area contributed by atoms with E-state index < -0.39 is 10.0 Å². The average Bonchev–Trinajstić information content (AvgIpc) is 2.54. The Hall–Kier alpha value is -2.13. The van der Waals surface area contributed by atoms with Crippen molar-refractivity contribution in [2.24, 2.45) is 0 Å². The fraction of sp³-hybridized carbons (Fsp3) is 0.250. The summed E-state index contributed by atoms with van der Waals surface area (Å²) in [5.41, 5.74) is 8.44. The molecule has 24 heavy (non-hydrogen) atoms. The highest BCUT2D eigenvalue weighted by Crippen LogP contribution is 2.30. The first-order valence-corrected chi connectivity index (χ1v) is 9.40. The van der Waals surface area contributed by atoms with Gasteiger partial charge in [0.2, 0.25) is 10.0 Å². The monoisotopic (exact) mass is 339 g/mol. The van der Waals surface area contributed by atoms with Crippen LogP contribution in [0.5, 0.6) is 0 Å². The Morgan fingerprint density at radius 2 is 1.67 bits per heavy atom. The zero-order valence-electron chi connectivity index (χ0n) is 14.2. The number of rotatable bonds is 2. The van der Waals surface area contributed by atoms with Crippen LogP contribution in [0.1, 0.15) is 30.5 Å². The van der Waals surface area contributed by atoms with Crippen LogP contribution in [0.15, 0.2) is 64.7 Å². The number of sulfonamides is 1. The molecule has 4 heteroatoms. The minimum absolute atomic E-state index is 0.337. The lowest BCUT2D eigenvalue weighted by Crippen LogP contribution is -2.35. The summed E-state index contributed by atoms with van der Waals surface area (Å²) in [7, 11) is -3.53. The van der Waals surface area contributed by atoms with Gasteiger partial charge < -0.3 is 0 Å². The van der Waals surface area contributed by atoms with Gasteiger partial charge in [-0.1, -0.05) is 42.0 Å². The molecule has 0 unspecified atom stereocenters. The van der Waals surface area contributed by atoms with Crippen LogP contribution in [0.3, 0.4) is 0 Å². The van der Waals surface area contributed by atoms with Gasteiger partial charge in [-0.3, -0.25) is 0 Å². The van der Waals surface area contributed by atoms with Crippen LogP contribution in [-0.4, -0.2) is 19.3 Å². The van der Waals surface area contributed by atoms with E-state index in [0.29, 0.717) is 18.0 Å². The van der Waals surface area contributed by atoms with Gasteiger partial charge in [0.1, 0.15) is 0 Å². The smallest absolute Gasteiger partial charge is 0.207 e. The minimum Gasteiger partial charge on any atom is -0.207 e. The van der Waals surface area contributed by atoms with Crippen LogP contribution in [0.4, 0.5) is 0 Å². The summed E-state index contributed by atoms with van der Waals surface area (Å²) in [4.78, 5) is 0.337. The van der Waals surface area contributed by atoms with Crippen molar-refractivity contribution in [3.05, 3.63) is 76.5 Å².